The van der Waals surface area contributed by atoms with Crippen molar-refractivity contribution in [1.29, 1.82) is 0 Å². The summed E-state index contributed by atoms with van der Waals surface area (Å²) in [4.78, 5) is 0. The van der Waals surface area contributed by atoms with Gasteiger partial charge in [0, 0.05) is 13.5 Å². The number of aliphatic hydroxyl groups excluding tert-OH is 1. The maximum Gasteiger partial charge on any atom is 0.160 e. The third kappa shape index (κ3) is 2.43. The molecule has 0 bridgehead atoms. The molecule has 66 valence electrons. The molecule has 0 aromatic rings. The predicted octanol–water partition coefficient (Wildman–Crippen LogP) is 0.909. The van der Waals surface area contributed by atoms with Crippen molar-refractivity contribution in [3.8, 4) is 0 Å². The summed E-state index contributed by atoms with van der Waals surface area (Å²) in [6, 6.07) is 0. The normalized spacial score (nSPS) is 39.0. The topological polar surface area (TPSA) is 38.7 Å². The number of ether oxygens (including phenoxy) is 2. The van der Waals surface area contributed by atoms with Gasteiger partial charge in [-0.05, 0) is 12.8 Å². The van der Waals surface area contributed by atoms with Gasteiger partial charge in [-0.2, -0.15) is 0 Å². The highest BCUT2D eigenvalue weighted by molar-refractivity contribution is 4.71. The summed E-state index contributed by atoms with van der Waals surface area (Å²) >= 11 is 0. The smallest absolute Gasteiger partial charge is 0.160 e. The molecule has 3 atom stereocenters. The van der Waals surface area contributed by atoms with E-state index in [4.69, 9.17) is 9.47 Å². The molecule has 0 amide bonds. The lowest BCUT2D eigenvalue weighted by Gasteiger charge is -2.31. The SMILES string of the molecule is CCC1CC(O)C[C@H](OC)O1. The zero-order chi connectivity index (χ0) is 8.27. The molecule has 1 fully saturated rings. The Morgan fingerprint density at radius 3 is 2.82 bits per heavy atom. The van der Waals surface area contributed by atoms with E-state index >= 15 is 0 Å². The van der Waals surface area contributed by atoms with Crippen molar-refractivity contribution in [3.05, 3.63) is 0 Å². The van der Waals surface area contributed by atoms with Crippen LogP contribution in [-0.2, 0) is 9.47 Å². The fraction of sp³-hybridized carbons (Fsp3) is 1.00. The van der Waals surface area contributed by atoms with Crippen LogP contribution in [0.3, 0.4) is 0 Å². The molecule has 1 aliphatic heterocycles. The maximum absolute atomic E-state index is 9.35. The van der Waals surface area contributed by atoms with E-state index in [9.17, 15) is 5.11 Å². The Bertz CT molecular complexity index is 104. The molecule has 3 nitrogen and oxygen atoms in total. The van der Waals surface area contributed by atoms with Gasteiger partial charge in [-0.3, -0.25) is 0 Å². The Hall–Kier alpha value is -0.120. The van der Waals surface area contributed by atoms with Crippen LogP contribution in [-0.4, -0.2) is 30.7 Å². The van der Waals surface area contributed by atoms with Gasteiger partial charge in [0.2, 0.25) is 0 Å². The summed E-state index contributed by atoms with van der Waals surface area (Å²) in [7, 11) is 1.61. The van der Waals surface area contributed by atoms with E-state index in [-0.39, 0.29) is 18.5 Å². The molecule has 0 aromatic carbocycles. The second kappa shape index (κ2) is 4.04. The molecular weight excluding hydrogens is 144 g/mol. The van der Waals surface area contributed by atoms with Crippen LogP contribution in [0.1, 0.15) is 26.2 Å². The van der Waals surface area contributed by atoms with E-state index in [2.05, 4.69) is 6.92 Å². The van der Waals surface area contributed by atoms with Gasteiger partial charge in [-0.1, -0.05) is 6.92 Å². The van der Waals surface area contributed by atoms with Crippen molar-refractivity contribution >= 4 is 0 Å². The van der Waals surface area contributed by atoms with E-state index in [1.807, 2.05) is 0 Å². The summed E-state index contributed by atoms with van der Waals surface area (Å²) in [5.41, 5.74) is 0. The van der Waals surface area contributed by atoms with Gasteiger partial charge in [-0.15, -0.1) is 0 Å². The standard InChI is InChI=1S/C8H16O3/c1-3-7-4-6(9)5-8(10-2)11-7/h6-9H,3-5H2,1-2H3/t6?,7?,8-/m1/s1. The van der Waals surface area contributed by atoms with Gasteiger partial charge in [0.25, 0.3) is 0 Å². The highest BCUT2D eigenvalue weighted by Crippen LogP contribution is 2.21. The highest BCUT2D eigenvalue weighted by atomic mass is 16.7. The Balaban J connectivity index is 2.37. The molecule has 2 unspecified atom stereocenters. The van der Waals surface area contributed by atoms with Crippen LogP contribution in [0.5, 0.6) is 0 Å². The molecule has 0 saturated carbocycles. The quantitative estimate of drug-likeness (QED) is 0.652. The summed E-state index contributed by atoms with van der Waals surface area (Å²) < 4.78 is 10.5. The second-order valence-electron chi connectivity index (χ2n) is 2.96. The Morgan fingerprint density at radius 1 is 1.55 bits per heavy atom. The first kappa shape index (κ1) is 8.97. The van der Waals surface area contributed by atoms with Crippen LogP contribution in [0.25, 0.3) is 0 Å². The molecule has 0 aliphatic carbocycles. The molecule has 1 aliphatic rings. The minimum atomic E-state index is -0.251. The minimum absolute atomic E-state index is 0.170. The van der Waals surface area contributed by atoms with Crippen LogP contribution >= 0.6 is 0 Å². The van der Waals surface area contributed by atoms with E-state index < -0.39 is 0 Å². The average Bonchev–Trinajstić information content (AvgIpc) is 2.03. The molecule has 11 heavy (non-hydrogen) atoms. The van der Waals surface area contributed by atoms with Crippen LogP contribution in [0.2, 0.25) is 0 Å². The van der Waals surface area contributed by atoms with Crippen molar-refractivity contribution in [3.63, 3.8) is 0 Å². The van der Waals surface area contributed by atoms with Crippen LogP contribution in [0.4, 0.5) is 0 Å². The van der Waals surface area contributed by atoms with Gasteiger partial charge in [-0.25, -0.2) is 0 Å². The van der Waals surface area contributed by atoms with Crippen LogP contribution in [0, 0.1) is 0 Å². The van der Waals surface area contributed by atoms with Gasteiger partial charge in [0.1, 0.15) is 0 Å². The predicted molar refractivity (Wildman–Crippen MR) is 41.2 cm³/mol. The third-order valence-corrected chi connectivity index (χ3v) is 2.06. The maximum atomic E-state index is 9.35. The number of aliphatic hydroxyl groups is 1. The van der Waals surface area contributed by atoms with Crippen LogP contribution in [0.15, 0.2) is 0 Å². The molecule has 1 rings (SSSR count). The lowest BCUT2D eigenvalue weighted by Crippen LogP contribution is -2.36. The first-order valence-corrected chi connectivity index (χ1v) is 4.12. The van der Waals surface area contributed by atoms with Crippen LogP contribution < -0.4 is 0 Å². The number of rotatable bonds is 2. The first-order valence-electron chi connectivity index (χ1n) is 4.12. The number of hydrogen-bond donors (Lipinski definition) is 1. The van der Waals surface area contributed by atoms with Crippen molar-refractivity contribution in [2.24, 2.45) is 0 Å². The zero-order valence-electron chi connectivity index (χ0n) is 7.12. The van der Waals surface area contributed by atoms with Gasteiger partial charge in [0.05, 0.1) is 12.2 Å². The zero-order valence-corrected chi connectivity index (χ0v) is 7.12. The third-order valence-electron chi connectivity index (χ3n) is 2.06. The molecule has 3 heteroatoms. The van der Waals surface area contributed by atoms with Gasteiger partial charge >= 0.3 is 0 Å². The van der Waals surface area contributed by atoms with Crippen molar-refractivity contribution in [1.82, 2.24) is 0 Å². The molecule has 0 radical (unpaired) electrons. The highest BCUT2D eigenvalue weighted by Gasteiger charge is 2.26. The van der Waals surface area contributed by atoms with E-state index in [1.54, 1.807) is 7.11 Å². The average molecular weight is 160 g/mol. The number of hydrogen-bond acceptors (Lipinski definition) is 3. The summed E-state index contributed by atoms with van der Waals surface area (Å²) in [6.45, 7) is 2.05. The Kier molecular flexibility index (Phi) is 3.30. The number of methoxy groups -OCH3 is 1. The fourth-order valence-corrected chi connectivity index (χ4v) is 1.36. The van der Waals surface area contributed by atoms with Gasteiger partial charge < -0.3 is 14.6 Å². The molecule has 1 saturated heterocycles. The Morgan fingerprint density at radius 2 is 2.27 bits per heavy atom. The minimum Gasteiger partial charge on any atom is -0.393 e. The largest absolute Gasteiger partial charge is 0.393 e. The van der Waals surface area contributed by atoms with Crippen molar-refractivity contribution in [2.75, 3.05) is 7.11 Å². The molecule has 1 heterocycles. The summed E-state index contributed by atoms with van der Waals surface area (Å²) in [5, 5.41) is 9.35. The van der Waals surface area contributed by atoms with Crippen molar-refractivity contribution in [2.45, 2.75) is 44.7 Å². The molecule has 0 aromatic heterocycles. The Labute approximate surface area is 67.3 Å². The van der Waals surface area contributed by atoms with E-state index in [1.165, 1.54) is 0 Å². The molecular formula is C8H16O3. The fourth-order valence-electron chi connectivity index (χ4n) is 1.36. The lowest BCUT2D eigenvalue weighted by atomic mass is 10.0. The molecule has 0 spiro atoms. The first-order chi connectivity index (χ1) is 5.26. The monoisotopic (exact) mass is 160 g/mol. The molecule has 1 N–H and O–H groups in total. The summed E-state index contributed by atoms with van der Waals surface area (Å²) in [6.07, 6.45) is 2.01. The van der Waals surface area contributed by atoms with E-state index in [0.717, 1.165) is 12.8 Å². The second-order valence-corrected chi connectivity index (χ2v) is 2.96. The van der Waals surface area contributed by atoms with Gasteiger partial charge in [0.15, 0.2) is 6.29 Å². The lowest BCUT2D eigenvalue weighted by molar-refractivity contribution is -0.203. The summed E-state index contributed by atoms with van der Waals surface area (Å²) in [5.74, 6) is 0. The van der Waals surface area contributed by atoms with Crippen molar-refractivity contribution < 1.29 is 14.6 Å². The van der Waals surface area contributed by atoms with E-state index in [0.29, 0.717) is 6.42 Å².